The first-order chi connectivity index (χ1) is 11.9. The average molecular weight is 369 g/mol. The lowest BCUT2D eigenvalue weighted by atomic mass is 10.1. The van der Waals surface area contributed by atoms with E-state index >= 15 is 0 Å². The number of halogens is 1. The maximum absolute atomic E-state index is 12.5. The molecule has 1 atom stereocenters. The number of carbonyl (C=O) groups is 2. The van der Waals surface area contributed by atoms with Crippen LogP contribution in [0.1, 0.15) is 47.1 Å². The van der Waals surface area contributed by atoms with Gasteiger partial charge in [-0.05, 0) is 59.2 Å². The average Bonchev–Trinajstić information content (AvgIpc) is 2.45. The van der Waals surface area contributed by atoms with Crippen LogP contribution in [0.25, 0.3) is 0 Å². The fraction of sp³-hybridized carbons (Fsp3) is 0.579. The van der Waals surface area contributed by atoms with Crippen LogP contribution in [0, 0.1) is 0 Å². The predicted molar refractivity (Wildman–Crippen MR) is 95.8 cm³/mol. The topological polar surface area (TPSA) is 73.9 Å². The van der Waals surface area contributed by atoms with Gasteiger partial charge in [0, 0.05) is 6.42 Å². The van der Waals surface area contributed by atoms with Crippen LogP contribution >= 0.6 is 0 Å². The molecule has 146 valence electrons. The quantitative estimate of drug-likeness (QED) is 0.773. The van der Waals surface area contributed by atoms with E-state index in [9.17, 15) is 14.0 Å². The Hall–Kier alpha value is -2.31. The molecule has 0 aliphatic rings. The normalized spacial score (nSPS) is 12.9. The molecule has 6 nitrogen and oxygen atoms in total. The largest absolute Gasteiger partial charge is 0.463 e. The Bertz CT molecular complexity index is 602. The number of hydrogen-bond acceptors (Lipinski definition) is 5. The number of carbonyl (C=O) groups excluding carboxylic acids is 2. The number of alkyl halides is 1. The second-order valence-electron chi connectivity index (χ2n) is 7.83. The van der Waals surface area contributed by atoms with Gasteiger partial charge in [-0.2, -0.15) is 0 Å². The Balaban J connectivity index is 2.88. The van der Waals surface area contributed by atoms with Crippen LogP contribution in [0.5, 0.6) is 5.75 Å². The number of nitrogens with one attached hydrogen (secondary N) is 1. The lowest BCUT2D eigenvalue weighted by Gasteiger charge is -2.26. The van der Waals surface area contributed by atoms with Gasteiger partial charge in [-0.25, -0.2) is 14.0 Å². The Morgan fingerprint density at radius 2 is 1.54 bits per heavy atom. The van der Waals surface area contributed by atoms with Crippen LogP contribution < -0.4 is 10.1 Å². The van der Waals surface area contributed by atoms with Crippen molar-refractivity contribution in [3.63, 3.8) is 0 Å². The number of hydrogen-bond donors (Lipinski definition) is 1. The third-order valence-corrected chi connectivity index (χ3v) is 2.97. The zero-order valence-corrected chi connectivity index (χ0v) is 16.2. The first-order valence-electron chi connectivity index (χ1n) is 8.40. The molecule has 0 aliphatic carbocycles. The van der Waals surface area contributed by atoms with Gasteiger partial charge in [0.1, 0.15) is 23.0 Å². The number of benzene rings is 1. The van der Waals surface area contributed by atoms with Gasteiger partial charge in [-0.3, -0.25) is 0 Å². The number of esters is 1. The first-order valence-corrected chi connectivity index (χ1v) is 8.40. The Morgan fingerprint density at radius 1 is 1.00 bits per heavy atom. The minimum Gasteiger partial charge on any atom is -0.463 e. The van der Waals surface area contributed by atoms with E-state index in [0.717, 1.165) is 5.56 Å². The van der Waals surface area contributed by atoms with Crippen molar-refractivity contribution in [1.82, 2.24) is 5.32 Å². The second kappa shape index (κ2) is 8.87. The maximum atomic E-state index is 12.5. The summed E-state index contributed by atoms with van der Waals surface area (Å²) in [4.78, 5) is 24.5. The summed E-state index contributed by atoms with van der Waals surface area (Å²) in [5.74, 6) is -0.183. The summed E-state index contributed by atoms with van der Waals surface area (Å²) in [5, 5.41) is 2.56. The van der Waals surface area contributed by atoms with Crippen LogP contribution in [0.3, 0.4) is 0 Å². The molecule has 1 N–H and O–H groups in total. The molecule has 0 unspecified atom stereocenters. The summed E-state index contributed by atoms with van der Waals surface area (Å²) in [6.45, 7) is 9.53. The highest BCUT2D eigenvalue weighted by atomic mass is 19.1. The second-order valence-corrected chi connectivity index (χ2v) is 7.83. The molecule has 1 aromatic carbocycles. The van der Waals surface area contributed by atoms with Gasteiger partial charge in [0.2, 0.25) is 6.86 Å². The van der Waals surface area contributed by atoms with E-state index in [1.54, 1.807) is 65.8 Å². The molecular formula is C19H28FNO5. The van der Waals surface area contributed by atoms with Gasteiger partial charge >= 0.3 is 12.1 Å². The van der Waals surface area contributed by atoms with Crippen molar-refractivity contribution in [2.45, 2.75) is 65.2 Å². The lowest BCUT2D eigenvalue weighted by Crippen LogP contribution is -2.47. The highest BCUT2D eigenvalue weighted by Gasteiger charge is 2.28. The van der Waals surface area contributed by atoms with Crippen molar-refractivity contribution in [3.05, 3.63) is 29.8 Å². The minimum absolute atomic E-state index is 0.198. The Labute approximate surface area is 154 Å². The summed E-state index contributed by atoms with van der Waals surface area (Å²) in [6, 6.07) is 5.65. The Kier molecular flexibility index (Phi) is 7.41. The van der Waals surface area contributed by atoms with Crippen molar-refractivity contribution in [2.75, 3.05) is 6.86 Å². The van der Waals surface area contributed by atoms with Gasteiger partial charge in [-0.1, -0.05) is 12.1 Å². The third-order valence-electron chi connectivity index (χ3n) is 2.97. The highest BCUT2D eigenvalue weighted by molar-refractivity contribution is 5.82. The van der Waals surface area contributed by atoms with Crippen LogP contribution in [0.15, 0.2) is 24.3 Å². The van der Waals surface area contributed by atoms with Crippen LogP contribution in [0.4, 0.5) is 9.18 Å². The SMILES string of the molecule is CC(C)(C)OC(=O)N[C@@H](Cc1ccc(OCF)cc1)C(=O)OC(C)(C)C. The molecule has 1 amide bonds. The van der Waals surface area contributed by atoms with Crippen molar-refractivity contribution >= 4 is 12.1 Å². The van der Waals surface area contributed by atoms with E-state index in [1.807, 2.05) is 0 Å². The molecule has 0 fully saturated rings. The monoisotopic (exact) mass is 369 g/mol. The van der Waals surface area contributed by atoms with Gasteiger partial charge < -0.3 is 19.5 Å². The minimum atomic E-state index is -0.919. The summed E-state index contributed by atoms with van der Waals surface area (Å²) in [6.07, 6.45) is -0.505. The van der Waals surface area contributed by atoms with E-state index in [4.69, 9.17) is 14.2 Å². The van der Waals surface area contributed by atoms with Crippen LogP contribution in [-0.2, 0) is 20.7 Å². The third kappa shape index (κ3) is 8.69. The fourth-order valence-corrected chi connectivity index (χ4v) is 2.04. The smallest absolute Gasteiger partial charge is 0.408 e. The summed E-state index contributed by atoms with van der Waals surface area (Å²) in [7, 11) is 0. The van der Waals surface area contributed by atoms with Gasteiger partial charge in [0.25, 0.3) is 0 Å². The van der Waals surface area contributed by atoms with Crippen molar-refractivity contribution in [1.29, 1.82) is 0 Å². The van der Waals surface area contributed by atoms with Crippen molar-refractivity contribution in [3.8, 4) is 5.75 Å². The molecule has 1 aromatic rings. The summed E-state index contributed by atoms with van der Waals surface area (Å²) in [5.41, 5.74) is -0.624. The number of ether oxygens (including phenoxy) is 3. The molecule has 0 saturated carbocycles. The Morgan fingerprint density at radius 3 is 2.00 bits per heavy atom. The molecule has 0 bridgehead atoms. The fourth-order valence-electron chi connectivity index (χ4n) is 2.04. The van der Waals surface area contributed by atoms with Gasteiger partial charge in [0.15, 0.2) is 0 Å². The molecular weight excluding hydrogens is 341 g/mol. The predicted octanol–water partition coefficient (Wildman–Crippen LogP) is 3.77. The lowest BCUT2D eigenvalue weighted by molar-refractivity contribution is -0.157. The van der Waals surface area contributed by atoms with Crippen molar-refractivity contribution < 1.29 is 28.2 Å². The van der Waals surface area contributed by atoms with E-state index in [0.29, 0.717) is 5.75 Å². The van der Waals surface area contributed by atoms with Gasteiger partial charge in [-0.15, -0.1) is 0 Å². The van der Waals surface area contributed by atoms with E-state index in [-0.39, 0.29) is 6.42 Å². The summed E-state index contributed by atoms with van der Waals surface area (Å²) >= 11 is 0. The van der Waals surface area contributed by atoms with E-state index < -0.39 is 36.2 Å². The molecule has 0 aliphatic heterocycles. The number of alkyl carbamates (subject to hydrolysis) is 1. The van der Waals surface area contributed by atoms with Crippen LogP contribution in [-0.4, -0.2) is 36.2 Å². The van der Waals surface area contributed by atoms with E-state index in [2.05, 4.69) is 5.32 Å². The number of rotatable bonds is 6. The molecule has 0 saturated heterocycles. The maximum Gasteiger partial charge on any atom is 0.408 e. The molecule has 0 heterocycles. The standard InChI is InChI=1S/C19H28FNO5/c1-18(2,3)25-16(22)15(21-17(23)26-19(4,5)6)11-13-7-9-14(10-8-13)24-12-20/h7-10,15H,11-12H2,1-6H3,(H,21,23)/t15-/m0/s1. The number of amides is 1. The van der Waals surface area contributed by atoms with Crippen molar-refractivity contribution in [2.24, 2.45) is 0 Å². The zero-order valence-electron chi connectivity index (χ0n) is 16.2. The highest BCUT2D eigenvalue weighted by Crippen LogP contribution is 2.16. The van der Waals surface area contributed by atoms with Crippen LogP contribution in [0.2, 0.25) is 0 Å². The summed E-state index contributed by atoms with van der Waals surface area (Å²) < 4.78 is 27.5. The molecule has 0 radical (unpaired) electrons. The molecule has 7 heteroatoms. The van der Waals surface area contributed by atoms with E-state index in [1.165, 1.54) is 0 Å². The molecule has 0 aromatic heterocycles. The van der Waals surface area contributed by atoms with Gasteiger partial charge in [0.05, 0.1) is 0 Å². The first kappa shape index (κ1) is 21.7. The zero-order chi connectivity index (χ0) is 20.0. The molecule has 0 spiro atoms. The molecule has 1 rings (SSSR count). The molecule has 26 heavy (non-hydrogen) atoms.